The predicted octanol–water partition coefficient (Wildman–Crippen LogP) is 2.28. The van der Waals surface area contributed by atoms with Crippen molar-refractivity contribution in [1.29, 1.82) is 0 Å². The highest BCUT2D eigenvalue weighted by molar-refractivity contribution is 7.89. The minimum atomic E-state index is -3.76. The summed E-state index contributed by atoms with van der Waals surface area (Å²) in [7, 11) is -3.76. The van der Waals surface area contributed by atoms with Crippen LogP contribution in [0.1, 0.15) is 37.6 Å². The largest absolute Gasteiger partial charge is 0.379 e. The number of nitrogens with zero attached hydrogens (tertiary/aromatic N) is 1. The van der Waals surface area contributed by atoms with Crippen LogP contribution in [0, 0.1) is 0 Å². The van der Waals surface area contributed by atoms with E-state index in [0.29, 0.717) is 13.2 Å². The van der Waals surface area contributed by atoms with Crippen molar-refractivity contribution in [3.63, 3.8) is 0 Å². The summed E-state index contributed by atoms with van der Waals surface area (Å²) in [5, 5.41) is 2.99. The lowest BCUT2D eigenvalue weighted by Crippen LogP contribution is -2.43. The molecule has 1 N–H and O–H groups in total. The van der Waals surface area contributed by atoms with E-state index in [1.807, 2.05) is 20.8 Å². The van der Waals surface area contributed by atoms with Crippen LogP contribution in [-0.4, -0.2) is 50.5 Å². The van der Waals surface area contributed by atoms with E-state index < -0.39 is 10.0 Å². The van der Waals surface area contributed by atoms with Crippen molar-refractivity contribution in [3.8, 4) is 0 Å². The highest BCUT2D eigenvalue weighted by Gasteiger charge is 2.29. The lowest BCUT2D eigenvalue weighted by molar-refractivity contribution is 0.0730. The molecule has 134 valence electrons. The quantitative estimate of drug-likeness (QED) is 0.857. The zero-order valence-corrected chi connectivity index (χ0v) is 15.7. The second-order valence-corrected chi connectivity index (χ2v) is 8.67. The Hall–Kier alpha value is -1.15. The maximum Gasteiger partial charge on any atom is 0.251 e. The van der Waals surface area contributed by atoms with Gasteiger partial charge in [0.25, 0.3) is 5.91 Å². The number of morpholine rings is 1. The highest BCUT2D eigenvalue weighted by Crippen LogP contribution is 2.26. The minimum absolute atomic E-state index is 0.0481. The van der Waals surface area contributed by atoms with Crippen LogP contribution in [0.5, 0.6) is 0 Å². The third-order valence-electron chi connectivity index (χ3n) is 4.12. The Kier molecular flexibility index (Phi) is 5.91. The van der Waals surface area contributed by atoms with Crippen molar-refractivity contribution in [2.75, 3.05) is 26.3 Å². The molecule has 24 heavy (non-hydrogen) atoms. The van der Waals surface area contributed by atoms with Gasteiger partial charge >= 0.3 is 0 Å². The van der Waals surface area contributed by atoms with Gasteiger partial charge < -0.3 is 10.1 Å². The maximum atomic E-state index is 12.8. The monoisotopic (exact) mass is 374 g/mol. The Bertz CT molecular complexity index is 713. The number of hydrogen-bond acceptors (Lipinski definition) is 4. The molecule has 1 aromatic rings. The average Bonchev–Trinajstić information content (AvgIpc) is 2.55. The number of sulfonamides is 1. The topological polar surface area (TPSA) is 75.7 Å². The summed E-state index contributed by atoms with van der Waals surface area (Å²) >= 11 is 6.10. The molecule has 1 aliphatic heterocycles. The van der Waals surface area contributed by atoms with Crippen molar-refractivity contribution in [2.24, 2.45) is 0 Å². The van der Waals surface area contributed by atoms with Crippen molar-refractivity contribution in [3.05, 3.63) is 28.8 Å². The van der Waals surface area contributed by atoms with Gasteiger partial charge in [-0.1, -0.05) is 18.5 Å². The minimum Gasteiger partial charge on any atom is -0.379 e. The molecule has 0 bridgehead atoms. The fraction of sp³-hybridized carbons (Fsp3) is 0.562. The van der Waals surface area contributed by atoms with E-state index in [1.54, 1.807) is 0 Å². The van der Waals surface area contributed by atoms with Gasteiger partial charge in [-0.25, -0.2) is 8.42 Å². The van der Waals surface area contributed by atoms with Gasteiger partial charge in [0, 0.05) is 24.2 Å². The number of carbonyl (C=O) groups excluding carboxylic acids is 1. The van der Waals surface area contributed by atoms with Crippen LogP contribution in [0.25, 0.3) is 0 Å². The van der Waals surface area contributed by atoms with Gasteiger partial charge in [0.15, 0.2) is 0 Å². The van der Waals surface area contributed by atoms with E-state index in [9.17, 15) is 13.2 Å². The Morgan fingerprint density at radius 3 is 2.54 bits per heavy atom. The molecule has 8 heteroatoms. The number of ether oxygens (including phenoxy) is 1. The molecule has 1 amide bonds. The second kappa shape index (κ2) is 7.39. The fourth-order valence-electron chi connectivity index (χ4n) is 2.24. The van der Waals surface area contributed by atoms with Crippen LogP contribution in [-0.2, 0) is 14.8 Å². The standard InChI is InChI=1S/C16H23ClN2O4S/c1-4-16(2,3)18-15(20)12-5-6-13(17)14(11-12)24(21,22)19-7-9-23-10-8-19/h5-6,11H,4,7-10H2,1-3H3,(H,18,20). The fourth-order valence-corrected chi connectivity index (χ4v) is 4.14. The van der Waals surface area contributed by atoms with Gasteiger partial charge in [-0.15, -0.1) is 0 Å². The Labute approximate surface area is 148 Å². The smallest absolute Gasteiger partial charge is 0.251 e. The third-order valence-corrected chi connectivity index (χ3v) is 6.50. The zero-order chi connectivity index (χ0) is 18.0. The predicted molar refractivity (Wildman–Crippen MR) is 92.9 cm³/mol. The molecule has 0 saturated carbocycles. The van der Waals surface area contributed by atoms with Crippen molar-refractivity contribution >= 4 is 27.5 Å². The molecule has 1 heterocycles. The van der Waals surface area contributed by atoms with Crippen LogP contribution in [0.4, 0.5) is 0 Å². The van der Waals surface area contributed by atoms with Crippen molar-refractivity contribution in [1.82, 2.24) is 9.62 Å². The number of rotatable bonds is 5. The summed E-state index contributed by atoms with van der Waals surface area (Å²) < 4.78 is 32.1. The molecule has 0 spiro atoms. The summed E-state index contributed by atoms with van der Waals surface area (Å²) in [6.07, 6.45) is 0.755. The normalized spacial score (nSPS) is 16.8. The molecule has 0 unspecified atom stereocenters. The number of carbonyl (C=O) groups is 1. The van der Waals surface area contributed by atoms with E-state index >= 15 is 0 Å². The van der Waals surface area contributed by atoms with Crippen molar-refractivity contribution < 1.29 is 17.9 Å². The molecular formula is C16H23ClN2O4S. The van der Waals surface area contributed by atoms with E-state index in [-0.39, 0.29) is 40.0 Å². The molecule has 0 atom stereocenters. The summed E-state index contributed by atoms with van der Waals surface area (Å²) in [6.45, 7) is 7.04. The van der Waals surface area contributed by atoms with Gasteiger partial charge in [0.2, 0.25) is 10.0 Å². The highest BCUT2D eigenvalue weighted by atomic mass is 35.5. The summed E-state index contributed by atoms with van der Waals surface area (Å²) in [5.74, 6) is -0.322. The van der Waals surface area contributed by atoms with Crippen LogP contribution < -0.4 is 5.32 Å². The Morgan fingerprint density at radius 2 is 1.96 bits per heavy atom. The Balaban J connectivity index is 2.33. The average molecular weight is 375 g/mol. The number of amides is 1. The molecule has 1 aliphatic rings. The summed E-state index contributed by atoms with van der Waals surface area (Å²) in [4.78, 5) is 12.4. The number of benzene rings is 1. The molecule has 2 rings (SSSR count). The van der Waals surface area contributed by atoms with Crippen LogP contribution in [0.15, 0.2) is 23.1 Å². The third kappa shape index (κ3) is 4.27. The first-order valence-corrected chi connectivity index (χ1v) is 9.69. The molecule has 0 radical (unpaired) electrons. The van der Waals surface area contributed by atoms with Gasteiger partial charge in [0.1, 0.15) is 4.90 Å². The van der Waals surface area contributed by atoms with E-state index in [0.717, 1.165) is 6.42 Å². The van der Waals surface area contributed by atoms with E-state index in [1.165, 1.54) is 22.5 Å². The van der Waals surface area contributed by atoms with Gasteiger partial charge in [-0.2, -0.15) is 4.31 Å². The number of nitrogens with one attached hydrogen (secondary N) is 1. The SMILES string of the molecule is CCC(C)(C)NC(=O)c1ccc(Cl)c(S(=O)(=O)N2CCOCC2)c1. The lowest BCUT2D eigenvalue weighted by Gasteiger charge is -2.27. The Morgan fingerprint density at radius 1 is 1.33 bits per heavy atom. The first-order chi connectivity index (χ1) is 11.2. The van der Waals surface area contributed by atoms with Gasteiger partial charge in [-0.3, -0.25) is 4.79 Å². The number of hydrogen-bond donors (Lipinski definition) is 1. The second-order valence-electron chi connectivity index (χ2n) is 6.35. The molecule has 0 aliphatic carbocycles. The molecule has 1 saturated heterocycles. The van der Waals surface area contributed by atoms with Crippen molar-refractivity contribution in [2.45, 2.75) is 37.6 Å². The molecule has 6 nitrogen and oxygen atoms in total. The van der Waals surface area contributed by atoms with E-state index in [4.69, 9.17) is 16.3 Å². The molecule has 1 fully saturated rings. The van der Waals surface area contributed by atoms with Crippen LogP contribution in [0.2, 0.25) is 5.02 Å². The van der Waals surface area contributed by atoms with Gasteiger partial charge in [0.05, 0.1) is 18.2 Å². The molecule has 0 aromatic heterocycles. The van der Waals surface area contributed by atoms with Gasteiger partial charge in [-0.05, 0) is 38.5 Å². The first kappa shape index (κ1) is 19.2. The first-order valence-electron chi connectivity index (χ1n) is 7.87. The lowest BCUT2D eigenvalue weighted by atomic mass is 10.0. The summed E-state index contributed by atoms with van der Waals surface area (Å²) in [6, 6.07) is 4.32. The zero-order valence-electron chi connectivity index (χ0n) is 14.1. The molecular weight excluding hydrogens is 352 g/mol. The maximum absolute atomic E-state index is 12.8. The summed E-state index contributed by atoms with van der Waals surface area (Å²) in [5.41, 5.74) is -0.104. The van der Waals surface area contributed by atoms with Crippen LogP contribution >= 0.6 is 11.6 Å². The number of halogens is 1. The van der Waals surface area contributed by atoms with Crippen LogP contribution in [0.3, 0.4) is 0 Å². The molecule has 1 aromatic carbocycles. The van der Waals surface area contributed by atoms with E-state index in [2.05, 4.69) is 5.32 Å².